The molecule has 1 N–H and O–H groups in total. The Bertz CT molecular complexity index is 672. The summed E-state index contributed by atoms with van der Waals surface area (Å²) in [5, 5.41) is 2.99. The molecular weight excluding hydrogens is 300 g/mol. The number of benzene rings is 2. The molecular formula is C20H24N2O2. The van der Waals surface area contributed by atoms with Crippen molar-refractivity contribution in [1.82, 2.24) is 4.90 Å². The highest BCUT2D eigenvalue weighted by Crippen LogP contribution is 2.29. The molecule has 24 heavy (non-hydrogen) atoms. The van der Waals surface area contributed by atoms with E-state index in [0.717, 1.165) is 18.8 Å². The number of nitrogens with one attached hydrogen (secondary N) is 1. The number of nitrogens with zero attached hydrogens (tertiary/aromatic N) is 1. The van der Waals surface area contributed by atoms with Gasteiger partial charge in [-0.05, 0) is 49.6 Å². The Kier molecular flexibility index (Phi) is 5.49. The highest BCUT2D eigenvalue weighted by molar-refractivity contribution is 5.93. The predicted molar refractivity (Wildman–Crippen MR) is 96.4 cm³/mol. The Hall–Kier alpha value is -2.33. The Labute approximate surface area is 143 Å². The van der Waals surface area contributed by atoms with Crippen molar-refractivity contribution in [2.45, 2.75) is 19.8 Å². The van der Waals surface area contributed by atoms with Crippen LogP contribution < -0.4 is 10.1 Å². The average molecular weight is 324 g/mol. The minimum Gasteiger partial charge on any atom is -0.455 e. The first-order valence-corrected chi connectivity index (χ1v) is 8.55. The van der Waals surface area contributed by atoms with Crippen LogP contribution in [0.1, 0.15) is 19.8 Å². The quantitative estimate of drug-likeness (QED) is 0.898. The van der Waals surface area contributed by atoms with Crippen LogP contribution in [0, 0.1) is 5.92 Å². The maximum atomic E-state index is 12.4. The topological polar surface area (TPSA) is 41.6 Å². The van der Waals surface area contributed by atoms with Crippen molar-refractivity contribution in [2.75, 3.05) is 25.0 Å². The molecule has 3 rings (SSSR count). The van der Waals surface area contributed by atoms with E-state index < -0.39 is 0 Å². The minimum absolute atomic E-state index is 0.00760. The second kappa shape index (κ2) is 7.97. The third-order valence-electron chi connectivity index (χ3n) is 4.24. The lowest BCUT2D eigenvalue weighted by atomic mass is 10.0. The summed E-state index contributed by atoms with van der Waals surface area (Å²) in [6.45, 7) is 4.67. The Morgan fingerprint density at radius 2 is 1.92 bits per heavy atom. The van der Waals surface area contributed by atoms with Crippen molar-refractivity contribution >= 4 is 11.6 Å². The van der Waals surface area contributed by atoms with Crippen LogP contribution >= 0.6 is 0 Å². The maximum Gasteiger partial charge on any atom is 0.238 e. The van der Waals surface area contributed by atoms with Gasteiger partial charge in [-0.25, -0.2) is 0 Å². The van der Waals surface area contributed by atoms with Crippen LogP contribution in [0.5, 0.6) is 11.5 Å². The van der Waals surface area contributed by atoms with Gasteiger partial charge in [0.25, 0.3) is 0 Å². The third-order valence-corrected chi connectivity index (χ3v) is 4.24. The number of carbonyl (C=O) groups is 1. The Balaban J connectivity index is 1.63. The minimum atomic E-state index is 0.00760. The first kappa shape index (κ1) is 16.5. The molecule has 4 nitrogen and oxygen atoms in total. The lowest BCUT2D eigenvalue weighted by molar-refractivity contribution is -0.117. The number of rotatable bonds is 5. The fourth-order valence-electron chi connectivity index (χ4n) is 3.10. The van der Waals surface area contributed by atoms with Gasteiger partial charge in [0.2, 0.25) is 5.91 Å². The molecule has 126 valence electrons. The van der Waals surface area contributed by atoms with Crippen LogP contribution in [0.25, 0.3) is 0 Å². The molecule has 0 aliphatic carbocycles. The van der Waals surface area contributed by atoms with E-state index in [2.05, 4.69) is 17.1 Å². The number of hydrogen-bond donors (Lipinski definition) is 1. The number of piperidine rings is 1. The van der Waals surface area contributed by atoms with Crippen molar-refractivity contribution in [1.29, 1.82) is 0 Å². The van der Waals surface area contributed by atoms with Gasteiger partial charge in [0.1, 0.15) is 5.75 Å². The third kappa shape index (κ3) is 4.59. The standard InChI is InChI=1S/C20H24N2O2/c1-16-8-7-13-22(14-16)15-20(23)21-18-11-5-6-12-19(18)24-17-9-3-2-4-10-17/h2-6,9-12,16H,7-8,13-15H2,1H3,(H,21,23). The predicted octanol–water partition coefficient (Wildman–Crippen LogP) is 4.15. The summed E-state index contributed by atoms with van der Waals surface area (Å²) < 4.78 is 5.89. The Morgan fingerprint density at radius 3 is 2.71 bits per heavy atom. The fraction of sp³-hybridized carbons (Fsp3) is 0.350. The summed E-state index contributed by atoms with van der Waals surface area (Å²) in [5.41, 5.74) is 0.705. The maximum absolute atomic E-state index is 12.4. The SMILES string of the molecule is CC1CCCN(CC(=O)Nc2ccccc2Oc2ccccc2)C1. The van der Waals surface area contributed by atoms with Gasteiger partial charge in [-0.1, -0.05) is 37.3 Å². The van der Waals surface area contributed by atoms with E-state index in [1.807, 2.05) is 54.6 Å². The molecule has 0 saturated carbocycles. The second-order valence-corrected chi connectivity index (χ2v) is 6.44. The number of carbonyl (C=O) groups excluding carboxylic acids is 1. The number of ether oxygens (including phenoxy) is 1. The summed E-state index contributed by atoms with van der Waals surface area (Å²) in [4.78, 5) is 14.6. The average Bonchev–Trinajstić information content (AvgIpc) is 2.57. The number of para-hydroxylation sites is 3. The monoisotopic (exact) mass is 324 g/mol. The summed E-state index contributed by atoms with van der Waals surface area (Å²) in [7, 11) is 0. The van der Waals surface area contributed by atoms with E-state index in [-0.39, 0.29) is 5.91 Å². The van der Waals surface area contributed by atoms with Gasteiger partial charge in [-0.3, -0.25) is 9.69 Å². The number of anilines is 1. The molecule has 0 radical (unpaired) electrons. The second-order valence-electron chi connectivity index (χ2n) is 6.44. The molecule has 1 aliphatic rings. The van der Waals surface area contributed by atoms with E-state index in [1.165, 1.54) is 12.8 Å². The molecule has 1 atom stereocenters. The molecule has 1 unspecified atom stereocenters. The van der Waals surface area contributed by atoms with Gasteiger partial charge in [0.05, 0.1) is 12.2 Å². The van der Waals surface area contributed by atoms with E-state index >= 15 is 0 Å². The van der Waals surface area contributed by atoms with Crippen LogP contribution in [0.4, 0.5) is 5.69 Å². The van der Waals surface area contributed by atoms with Gasteiger partial charge in [-0.15, -0.1) is 0 Å². The van der Waals surface area contributed by atoms with Gasteiger partial charge in [0.15, 0.2) is 5.75 Å². The van der Waals surface area contributed by atoms with E-state index in [4.69, 9.17) is 4.74 Å². The summed E-state index contributed by atoms with van der Waals surface area (Å²) in [5.74, 6) is 2.08. The van der Waals surface area contributed by atoms with Gasteiger partial charge in [0, 0.05) is 6.54 Å². The van der Waals surface area contributed by atoms with Crippen molar-refractivity contribution < 1.29 is 9.53 Å². The Morgan fingerprint density at radius 1 is 1.17 bits per heavy atom. The molecule has 1 aliphatic heterocycles. The van der Waals surface area contributed by atoms with Crippen LogP contribution in [-0.2, 0) is 4.79 Å². The fourth-order valence-corrected chi connectivity index (χ4v) is 3.10. The van der Waals surface area contributed by atoms with Crippen LogP contribution in [-0.4, -0.2) is 30.4 Å². The van der Waals surface area contributed by atoms with Crippen LogP contribution in [0.3, 0.4) is 0 Å². The zero-order chi connectivity index (χ0) is 16.8. The summed E-state index contributed by atoms with van der Waals surface area (Å²) in [6, 6.07) is 17.1. The van der Waals surface area contributed by atoms with Crippen LogP contribution in [0.15, 0.2) is 54.6 Å². The van der Waals surface area contributed by atoms with E-state index in [1.54, 1.807) is 0 Å². The van der Waals surface area contributed by atoms with Crippen molar-refractivity contribution in [2.24, 2.45) is 5.92 Å². The molecule has 0 spiro atoms. The molecule has 0 aromatic heterocycles. The number of amides is 1. The molecule has 1 heterocycles. The lowest BCUT2D eigenvalue weighted by Crippen LogP contribution is -2.39. The normalized spacial score (nSPS) is 18.1. The zero-order valence-corrected chi connectivity index (χ0v) is 14.1. The van der Waals surface area contributed by atoms with E-state index in [0.29, 0.717) is 23.9 Å². The molecule has 1 saturated heterocycles. The summed E-state index contributed by atoms with van der Waals surface area (Å²) >= 11 is 0. The van der Waals surface area contributed by atoms with Crippen molar-refractivity contribution in [3.05, 3.63) is 54.6 Å². The van der Waals surface area contributed by atoms with Crippen molar-refractivity contribution in [3.8, 4) is 11.5 Å². The molecule has 1 amide bonds. The smallest absolute Gasteiger partial charge is 0.238 e. The van der Waals surface area contributed by atoms with E-state index in [9.17, 15) is 4.79 Å². The first-order valence-electron chi connectivity index (χ1n) is 8.55. The molecule has 0 bridgehead atoms. The molecule has 4 heteroatoms. The molecule has 2 aromatic carbocycles. The molecule has 2 aromatic rings. The summed E-state index contributed by atoms with van der Waals surface area (Å²) in [6.07, 6.45) is 2.42. The lowest BCUT2D eigenvalue weighted by Gasteiger charge is -2.30. The first-order chi connectivity index (χ1) is 11.7. The number of likely N-dealkylation sites (tertiary alicyclic amines) is 1. The van der Waals surface area contributed by atoms with Gasteiger partial charge >= 0.3 is 0 Å². The van der Waals surface area contributed by atoms with Crippen molar-refractivity contribution in [3.63, 3.8) is 0 Å². The number of hydrogen-bond acceptors (Lipinski definition) is 3. The zero-order valence-electron chi connectivity index (χ0n) is 14.1. The van der Waals surface area contributed by atoms with Gasteiger partial charge in [-0.2, -0.15) is 0 Å². The highest BCUT2D eigenvalue weighted by atomic mass is 16.5. The van der Waals surface area contributed by atoms with Gasteiger partial charge < -0.3 is 10.1 Å². The highest BCUT2D eigenvalue weighted by Gasteiger charge is 2.19. The largest absolute Gasteiger partial charge is 0.455 e. The van der Waals surface area contributed by atoms with Crippen LogP contribution in [0.2, 0.25) is 0 Å². The molecule has 1 fully saturated rings.